The van der Waals surface area contributed by atoms with Crippen LogP contribution in [0.3, 0.4) is 0 Å². The lowest BCUT2D eigenvalue weighted by Gasteiger charge is -2.22. The van der Waals surface area contributed by atoms with Gasteiger partial charge in [-0.1, -0.05) is 19.3 Å². The molecule has 2 aromatic rings. The van der Waals surface area contributed by atoms with Gasteiger partial charge in [0.25, 0.3) is 0 Å². The Balaban J connectivity index is 1.47. The first kappa shape index (κ1) is 16.1. The lowest BCUT2D eigenvalue weighted by Crippen LogP contribution is -2.45. The van der Waals surface area contributed by atoms with Gasteiger partial charge in [-0.05, 0) is 31.0 Å². The van der Waals surface area contributed by atoms with Gasteiger partial charge in [0.05, 0.1) is 17.6 Å². The Morgan fingerprint density at radius 3 is 2.62 bits per heavy atom. The summed E-state index contributed by atoms with van der Waals surface area (Å²) in [4.78, 5) is 40.2. The fourth-order valence-electron chi connectivity index (χ4n) is 2.96. The standard InChI is InChI=1S/C16H21N5O3/c22-14(9-17-15(23)19-10-4-2-1-3-5-10)18-11-6-7-12-13(8-11)21-16(24)20-12/h6-8,10H,1-5,9H2,(H,18,22)(H2,17,19,23)(H2,20,21,24). The maximum atomic E-state index is 11.9. The molecule has 8 heteroatoms. The van der Waals surface area contributed by atoms with Crippen molar-refractivity contribution in [3.63, 3.8) is 0 Å². The van der Waals surface area contributed by atoms with Crippen molar-refractivity contribution < 1.29 is 9.59 Å². The Morgan fingerprint density at radius 1 is 1.08 bits per heavy atom. The van der Waals surface area contributed by atoms with Crippen LogP contribution in [0.1, 0.15) is 32.1 Å². The van der Waals surface area contributed by atoms with Crippen LogP contribution >= 0.6 is 0 Å². The summed E-state index contributed by atoms with van der Waals surface area (Å²) in [6, 6.07) is 4.93. The summed E-state index contributed by atoms with van der Waals surface area (Å²) in [6.07, 6.45) is 5.48. The monoisotopic (exact) mass is 331 g/mol. The molecule has 1 fully saturated rings. The summed E-state index contributed by atoms with van der Waals surface area (Å²) in [5, 5.41) is 8.14. The number of urea groups is 1. The molecule has 1 aliphatic rings. The highest BCUT2D eigenvalue weighted by Gasteiger charge is 2.15. The zero-order valence-corrected chi connectivity index (χ0v) is 13.3. The van der Waals surface area contributed by atoms with Crippen LogP contribution in [0.25, 0.3) is 11.0 Å². The SMILES string of the molecule is O=C(CNC(=O)NC1CCCCC1)Nc1ccc2[nH]c(=O)[nH]c2c1. The molecule has 0 saturated heterocycles. The van der Waals surface area contributed by atoms with E-state index in [9.17, 15) is 14.4 Å². The quantitative estimate of drug-likeness (QED) is 0.583. The van der Waals surface area contributed by atoms with Crippen molar-refractivity contribution in [2.75, 3.05) is 11.9 Å². The van der Waals surface area contributed by atoms with Crippen LogP contribution in [0.5, 0.6) is 0 Å². The van der Waals surface area contributed by atoms with Crippen LogP contribution in [-0.2, 0) is 4.79 Å². The average Bonchev–Trinajstić information content (AvgIpc) is 2.93. The zero-order valence-electron chi connectivity index (χ0n) is 13.3. The lowest BCUT2D eigenvalue weighted by molar-refractivity contribution is -0.115. The van der Waals surface area contributed by atoms with Crippen molar-refractivity contribution in [3.8, 4) is 0 Å². The van der Waals surface area contributed by atoms with Gasteiger partial charge >= 0.3 is 11.7 Å². The molecule has 0 spiro atoms. The molecule has 1 aliphatic carbocycles. The van der Waals surface area contributed by atoms with E-state index >= 15 is 0 Å². The van der Waals surface area contributed by atoms with Gasteiger partial charge in [-0.2, -0.15) is 0 Å². The number of hydrogen-bond donors (Lipinski definition) is 5. The predicted octanol–water partition coefficient (Wildman–Crippen LogP) is 1.43. The number of fused-ring (bicyclic) bond motifs is 1. The Morgan fingerprint density at radius 2 is 1.83 bits per heavy atom. The summed E-state index contributed by atoms with van der Waals surface area (Å²) < 4.78 is 0. The topological polar surface area (TPSA) is 119 Å². The second kappa shape index (κ2) is 7.20. The molecule has 128 valence electrons. The van der Waals surface area contributed by atoms with Crippen LogP contribution in [0.4, 0.5) is 10.5 Å². The molecule has 0 atom stereocenters. The number of amides is 3. The number of anilines is 1. The fourth-order valence-corrected chi connectivity index (χ4v) is 2.96. The molecular weight excluding hydrogens is 310 g/mol. The Bertz CT molecular complexity index is 788. The number of rotatable bonds is 4. The van der Waals surface area contributed by atoms with E-state index in [1.807, 2.05) is 0 Å². The Kier molecular flexibility index (Phi) is 4.83. The Hall–Kier alpha value is -2.77. The average molecular weight is 331 g/mol. The molecule has 5 N–H and O–H groups in total. The second-order valence-electron chi connectivity index (χ2n) is 6.05. The molecule has 3 rings (SSSR count). The first-order valence-electron chi connectivity index (χ1n) is 8.16. The number of carbonyl (C=O) groups excluding carboxylic acids is 2. The highest BCUT2D eigenvalue weighted by molar-refractivity contribution is 5.95. The van der Waals surface area contributed by atoms with Crippen molar-refractivity contribution in [2.24, 2.45) is 0 Å². The van der Waals surface area contributed by atoms with E-state index in [1.54, 1.807) is 18.2 Å². The largest absolute Gasteiger partial charge is 0.335 e. The van der Waals surface area contributed by atoms with Crippen molar-refractivity contribution >= 4 is 28.7 Å². The maximum absolute atomic E-state index is 11.9. The molecule has 0 bridgehead atoms. The van der Waals surface area contributed by atoms with Crippen LogP contribution in [0.2, 0.25) is 0 Å². The molecule has 1 aromatic heterocycles. The lowest BCUT2D eigenvalue weighted by atomic mass is 9.96. The predicted molar refractivity (Wildman–Crippen MR) is 91.0 cm³/mol. The van der Waals surface area contributed by atoms with Gasteiger partial charge < -0.3 is 25.9 Å². The molecule has 1 aromatic carbocycles. The minimum absolute atomic E-state index is 0.111. The van der Waals surface area contributed by atoms with Crippen molar-refractivity contribution in [1.29, 1.82) is 0 Å². The number of nitrogens with one attached hydrogen (secondary N) is 5. The third-order valence-corrected chi connectivity index (χ3v) is 4.15. The highest BCUT2D eigenvalue weighted by atomic mass is 16.2. The highest BCUT2D eigenvalue weighted by Crippen LogP contribution is 2.17. The molecule has 24 heavy (non-hydrogen) atoms. The van der Waals surface area contributed by atoms with Gasteiger partial charge in [-0.15, -0.1) is 0 Å². The van der Waals surface area contributed by atoms with Gasteiger partial charge in [-0.3, -0.25) is 4.79 Å². The number of aromatic amines is 2. The number of hydrogen-bond acceptors (Lipinski definition) is 3. The van der Waals surface area contributed by atoms with Crippen LogP contribution in [0, 0.1) is 0 Å². The maximum Gasteiger partial charge on any atom is 0.323 e. The summed E-state index contributed by atoms with van der Waals surface area (Å²) in [7, 11) is 0. The number of carbonyl (C=O) groups is 2. The molecule has 0 unspecified atom stereocenters. The van der Waals surface area contributed by atoms with Crippen molar-refractivity contribution in [1.82, 2.24) is 20.6 Å². The smallest absolute Gasteiger partial charge is 0.323 e. The molecular formula is C16H21N5O3. The van der Waals surface area contributed by atoms with E-state index in [2.05, 4.69) is 25.9 Å². The van der Waals surface area contributed by atoms with Gasteiger partial charge in [0.15, 0.2) is 0 Å². The third-order valence-electron chi connectivity index (χ3n) is 4.15. The minimum Gasteiger partial charge on any atom is -0.335 e. The van der Waals surface area contributed by atoms with Gasteiger partial charge in [0, 0.05) is 11.7 Å². The van der Waals surface area contributed by atoms with Crippen molar-refractivity contribution in [3.05, 3.63) is 28.7 Å². The van der Waals surface area contributed by atoms with Crippen molar-refractivity contribution in [2.45, 2.75) is 38.1 Å². The number of H-pyrrole nitrogens is 2. The van der Waals surface area contributed by atoms with E-state index in [1.165, 1.54) is 6.42 Å². The van der Waals surface area contributed by atoms with E-state index in [0.29, 0.717) is 16.7 Å². The van der Waals surface area contributed by atoms with E-state index < -0.39 is 0 Å². The molecule has 0 radical (unpaired) electrons. The van der Waals surface area contributed by atoms with Gasteiger partial charge in [-0.25, -0.2) is 9.59 Å². The van der Waals surface area contributed by atoms with E-state index in [-0.39, 0.29) is 30.2 Å². The molecule has 1 heterocycles. The van der Waals surface area contributed by atoms with E-state index in [0.717, 1.165) is 25.7 Å². The molecule has 3 amide bonds. The zero-order chi connectivity index (χ0) is 16.9. The first-order chi connectivity index (χ1) is 11.6. The van der Waals surface area contributed by atoms with Gasteiger partial charge in [0.1, 0.15) is 0 Å². The normalized spacial score (nSPS) is 15.2. The second-order valence-corrected chi connectivity index (χ2v) is 6.05. The number of aromatic nitrogens is 2. The summed E-state index contributed by atoms with van der Waals surface area (Å²) in [5.74, 6) is -0.328. The molecule has 0 aliphatic heterocycles. The first-order valence-corrected chi connectivity index (χ1v) is 8.16. The van der Waals surface area contributed by atoms with E-state index in [4.69, 9.17) is 0 Å². The van der Waals surface area contributed by atoms with Crippen LogP contribution in [-0.4, -0.2) is 34.5 Å². The third kappa shape index (κ3) is 4.15. The van der Waals surface area contributed by atoms with Gasteiger partial charge in [0.2, 0.25) is 5.91 Å². The van der Waals surface area contributed by atoms with Crippen LogP contribution in [0.15, 0.2) is 23.0 Å². The molecule has 1 saturated carbocycles. The summed E-state index contributed by atoms with van der Waals surface area (Å²) in [5.41, 5.74) is 1.54. The minimum atomic E-state index is -0.328. The van der Waals surface area contributed by atoms with Crippen LogP contribution < -0.4 is 21.6 Å². The summed E-state index contributed by atoms with van der Waals surface area (Å²) in [6.45, 7) is -0.111. The number of imidazole rings is 1. The summed E-state index contributed by atoms with van der Waals surface area (Å²) >= 11 is 0. The fraction of sp³-hybridized carbons (Fsp3) is 0.438. The molecule has 8 nitrogen and oxygen atoms in total. The Labute approximate surface area is 138 Å². The number of benzene rings is 1.